The molecule has 0 aromatic heterocycles. The minimum absolute atomic E-state index is 0.0140. The quantitative estimate of drug-likeness (QED) is 0.866. The van der Waals surface area contributed by atoms with Crippen LogP contribution < -0.4 is 5.32 Å². The third-order valence-electron chi connectivity index (χ3n) is 2.68. The summed E-state index contributed by atoms with van der Waals surface area (Å²) < 4.78 is 46.2. The fourth-order valence-corrected chi connectivity index (χ4v) is 1.60. The lowest BCUT2D eigenvalue weighted by Gasteiger charge is -2.16. The first kappa shape index (κ1) is 16.8. The van der Waals surface area contributed by atoms with Gasteiger partial charge in [0.15, 0.2) is 0 Å². The molecule has 1 N–H and O–H groups in total. The number of alkyl halides is 3. The Morgan fingerprint density at radius 1 is 1.14 bits per heavy atom. The van der Waals surface area contributed by atoms with Gasteiger partial charge in [0.25, 0.3) is 0 Å². The van der Waals surface area contributed by atoms with Crippen molar-refractivity contribution in [3.8, 4) is 0 Å². The minimum atomic E-state index is -4.43. The summed E-state index contributed by atoms with van der Waals surface area (Å²) in [5.41, 5.74) is -0.350. The maximum atomic E-state index is 12.4. The molecule has 0 saturated carbocycles. The van der Waals surface area contributed by atoms with Crippen LogP contribution in [0.25, 0.3) is 0 Å². The standard InChI is InChI=1S/C13H14F3NO4/c1-20-11(18)10(17-12(19)21-2)7-8-3-5-9(6-4-8)13(14,15)16/h3-6,10H,7H2,1-2H3,(H,17,19). The van der Waals surface area contributed by atoms with Gasteiger partial charge in [0.1, 0.15) is 6.04 Å². The van der Waals surface area contributed by atoms with Crippen LogP contribution in [0, 0.1) is 0 Å². The number of ether oxygens (including phenoxy) is 2. The molecule has 0 radical (unpaired) electrons. The number of rotatable bonds is 4. The summed E-state index contributed by atoms with van der Waals surface area (Å²) in [5, 5.41) is 2.25. The van der Waals surface area contributed by atoms with Crippen molar-refractivity contribution in [1.82, 2.24) is 5.32 Å². The van der Waals surface area contributed by atoms with Gasteiger partial charge in [-0.15, -0.1) is 0 Å². The molecule has 1 aromatic carbocycles. The maximum absolute atomic E-state index is 12.4. The zero-order chi connectivity index (χ0) is 16.0. The van der Waals surface area contributed by atoms with Gasteiger partial charge in [-0.25, -0.2) is 9.59 Å². The second-order valence-electron chi connectivity index (χ2n) is 4.11. The van der Waals surface area contributed by atoms with E-state index >= 15 is 0 Å². The van der Waals surface area contributed by atoms with Crippen LogP contribution in [0.15, 0.2) is 24.3 Å². The third-order valence-corrected chi connectivity index (χ3v) is 2.68. The third kappa shape index (κ3) is 4.97. The van der Waals surface area contributed by atoms with E-state index in [2.05, 4.69) is 14.8 Å². The molecule has 8 heteroatoms. The summed E-state index contributed by atoms with van der Waals surface area (Å²) >= 11 is 0. The van der Waals surface area contributed by atoms with Gasteiger partial charge in [-0.1, -0.05) is 12.1 Å². The first-order chi connectivity index (χ1) is 9.77. The predicted octanol–water partition coefficient (Wildman–Crippen LogP) is 2.15. The fourth-order valence-electron chi connectivity index (χ4n) is 1.60. The van der Waals surface area contributed by atoms with Crippen molar-refractivity contribution in [2.24, 2.45) is 0 Å². The molecule has 0 aliphatic rings. The maximum Gasteiger partial charge on any atom is 0.416 e. The van der Waals surface area contributed by atoms with Crippen LogP contribution in [0.2, 0.25) is 0 Å². The summed E-state index contributed by atoms with van der Waals surface area (Å²) in [6.45, 7) is 0. The summed E-state index contributed by atoms with van der Waals surface area (Å²) in [6, 6.07) is 3.23. The van der Waals surface area contributed by atoms with E-state index in [1.54, 1.807) is 0 Å². The van der Waals surface area contributed by atoms with Gasteiger partial charge >= 0.3 is 18.2 Å². The second-order valence-corrected chi connectivity index (χ2v) is 4.11. The Balaban J connectivity index is 2.83. The number of alkyl carbamates (subject to hydrolysis) is 1. The fraction of sp³-hybridized carbons (Fsp3) is 0.385. The summed E-state index contributed by atoms with van der Waals surface area (Å²) in [4.78, 5) is 22.6. The van der Waals surface area contributed by atoms with Crippen LogP contribution in [0.3, 0.4) is 0 Å². The molecule has 1 atom stereocenters. The molecule has 1 aromatic rings. The normalized spacial score (nSPS) is 12.4. The van der Waals surface area contributed by atoms with E-state index in [4.69, 9.17) is 0 Å². The van der Waals surface area contributed by atoms with E-state index < -0.39 is 29.8 Å². The van der Waals surface area contributed by atoms with Gasteiger partial charge in [0.05, 0.1) is 19.8 Å². The molecule has 1 unspecified atom stereocenters. The summed E-state index contributed by atoms with van der Waals surface area (Å²) in [6.07, 6.45) is -5.28. The number of carbonyl (C=O) groups excluding carboxylic acids is 2. The molecule has 0 bridgehead atoms. The lowest BCUT2D eigenvalue weighted by atomic mass is 10.0. The highest BCUT2D eigenvalue weighted by atomic mass is 19.4. The molecule has 0 saturated heterocycles. The lowest BCUT2D eigenvalue weighted by molar-refractivity contribution is -0.143. The van der Waals surface area contributed by atoms with Crippen molar-refractivity contribution in [3.63, 3.8) is 0 Å². The van der Waals surface area contributed by atoms with Gasteiger partial charge in [-0.05, 0) is 17.7 Å². The molecule has 1 amide bonds. The van der Waals surface area contributed by atoms with Crippen LogP contribution >= 0.6 is 0 Å². The van der Waals surface area contributed by atoms with E-state index in [1.165, 1.54) is 12.1 Å². The molecule has 0 aliphatic heterocycles. The molecule has 0 heterocycles. The van der Waals surface area contributed by atoms with Crippen molar-refractivity contribution in [2.75, 3.05) is 14.2 Å². The molecule has 21 heavy (non-hydrogen) atoms. The Hall–Kier alpha value is -2.25. The molecule has 5 nitrogen and oxygen atoms in total. The monoisotopic (exact) mass is 305 g/mol. The molecule has 116 valence electrons. The highest BCUT2D eigenvalue weighted by Crippen LogP contribution is 2.29. The summed E-state index contributed by atoms with van der Waals surface area (Å²) in [7, 11) is 2.27. The molecule has 0 spiro atoms. The Morgan fingerprint density at radius 2 is 1.71 bits per heavy atom. The smallest absolute Gasteiger partial charge is 0.416 e. The zero-order valence-corrected chi connectivity index (χ0v) is 11.4. The van der Waals surface area contributed by atoms with Crippen molar-refractivity contribution in [2.45, 2.75) is 18.6 Å². The van der Waals surface area contributed by atoms with Crippen molar-refractivity contribution >= 4 is 12.1 Å². The van der Waals surface area contributed by atoms with Gasteiger partial charge in [0, 0.05) is 6.42 Å². The van der Waals surface area contributed by atoms with Crippen LogP contribution in [-0.4, -0.2) is 32.3 Å². The number of halogens is 3. The van der Waals surface area contributed by atoms with Gasteiger partial charge < -0.3 is 14.8 Å². The average Bonchev–Trinajstić information content (AvgIpc) is 2.45. The largest absolute Gasteiger partial charge is 0.467 e. The number of hydrogen-bond acceptors (Lipinski definition) is 4. The summed E-state index contributed by atoms with van der Waals surface area (Å²) in [5.74, 6) is -0.722. The van der Waals surface area contributed by atoms with Crippen molar-refractivity contribution in [1.29, 1.82) is 0 Å². The Kier molecular flexibility index (Phi) is 5.57. The topological polar surface area (TPSA) is 64.6 Å². The van der Waals surface area contributed by atoms with Crippen LogP contribution in [0.4, 0.5) is 18.0 Å². The van der Waals surface area contributed by atoms with E-state index in [9.17, 15) is 22.8 Å². The number of benzene rings is 1. The molecule has 1 rings (SSSR count). The van der Waals surface area contributed by atoms with Gasteiger partial charge in [-0.3, -0.25) is 0 Å². The van der Waals surface area contributed by atoms with Crippen LogP contribution in [-0.2, 0) is 26.9 Å². The first-order valence-electron chi connectivity index (χ1n) is 5.86. The van der Waals surface area contributed by atoms with Crippen LogP contribution in [0.5, 0.6) is 0 Å². The number of carbonyl (C=O) groups is 2. The molecule has 0 aliphatic carbocycles. The predicted molar refractivity (Wildman–Crippen MR) is 66.5 cm³/mol. The Labute approximate surface area is 119 Å². The van der Waals surface area contributed by atoms with Gasteiger partial charge in [-0.2, -0.15) is 13.2 Å². The molecular formula is C13H14F3NO4. The number of nitrogens with one attached hydrogen (secondary N) is 1. The Bertz CT molecular complexity index is 499. The van der Waals surface area contributed by atoms with Crippen molar-refractivity contribution < 1.29 is 32.2 Å². The first-order valence-corrected chi connectivity index (χ1v) is 5.86. The highest BCUT2D eigenvalue weighted by Gasteiger charge is 2.30. The van der Waals surface area contributed by atoms with Crippen molar-refractivity contribution in [3.05, 3.63) is 35.4 Å². The molecule has 0 fully saturated rings. The van der Waals surface area contributed by atoms with E-state index in [-0.39, 0.29) is 6.42 Å². The number of amides is 1. The number of methoxy groups -OCH3 is 2. The Morgan fingerprint density at radius 3 is 2.14 bits per heavy atom. The SMILES string of the molecule is COC(=O)NC(Cc1ccc(C(F)(F)F)cc1)C(=O)OC. The molecular weight excluding hydrogens is 291 g/mol. The van der Waals surface area contributed by atoms with E-state index in [0.29, 0.717) is 5.56 Å². The van der Waals surface area contributed by atoms with E-state index in [1.807, 2.05) is 0 Å². The highest BCUT2D eigenvalue weighted by molar-refractivity contribution is 5.81. The average molecular weight is 305 g/mol. The lowest BCUT2D eigenvalue weighted by Crippen LogP contribution is -2.43. The number of esters is 1. The van der Waals surface area contributed by atoms with Crippen LogP contribution in [0.1, 0.15) is 11.1 Å². The van der Waals surface area contributed by atoms with Gasteiger partial charge in [0.2, 0.25) is 0 Å². The second kappa shape index (κ2) is 6.96. The number of hydrogen-bond donors (Lipinski definition) is 1. The van der Waals surface area contributed by atoms with E-state index in [0.717, 1.165) is 26.4 Å². The minimum Gasteiger partial charge on any atom is -0.467 e. The zero-order valence-electron chi connectivity index (χ0n) is 11.4.